The molecule has 0 radical (unpaired) electrons. The second-order valence-electron chi connectivity index (χ2n) is 5.41. The number of carbonyl (C=O) groups is 1. The summed E-state index contributed by atoms with van der Waals surface area (Å²) in [7, 11) is 0. The fourth-order valence-corrected chi connectivity index (χ4v) is 2.79. The van der Waals surface area contributed by atoms with E-state index in [0.29, 0.717) is 25.2 Å². The fraction of sp³-hybridized carbons (Fsp3) is 0.294. The van der Waals surface area contributed by atoms with Crippen molar-refractivity contribution in [3.05, 3.63) is 59.9 Å². The number of alkyl halides is 2. The number of benzene rings is 1. The number of hydrogen-bond acceptors (Lipinski definition) is 4. The van der Waals surface area contributed by atoms with Gasteiger partial charge in [0.25, 0.3) is 5.91 Å². The Labute approximate surface area is 150 Å². The Morgan fingerprint density at radius 2 is 2.16 bits per heavy atom. The molecule has 25 heavy (non-hydrogen) atoms. The molecule has 1 saturated heterocycles. The summed E-state index contributed by atoms with van der Waals surface area (Å²) in [6, 6.07) is 9.47. The first kappa shape index (κ1) is 19.1. The number of nitrogens with zero attached hydrogens (tertiary/aromatic N) is 2. The van der Waals surface area contributed by atoms with Gasteiger partial charge in [0.15, 0.2) is 0 Å². The van der Waals surface area contributed by atoms with Gasteiger partial charge in [0.2, 0.25) is 0 Å². The van der Waals surface area contributed by atoms with Gasteiger partial charge in [0.1, 0.15) is 5.75 Å². The number of nitrogens with one attached hydrogen (secondary N) is 1. The van der Waals surface area contributed by atoms with E-state index in [-0.39, 0.29) is 30.1 Å². The minimum Gasteiger partial charge on any atom is -0.435 e. The molecule has 1 fully saturated rings. The molecule has 1 unspecified atom stereocenters. The maximum Gasteiger partial charge on any atom is 0.387 e. The van der Waals surface area contributed by atoms with E-state index >= 15 is 0 Å². The van der Waals surface area contributed by atoms with Crippen LogP contribution in [0.3, 0.4) is 0 Å². The first-order chi connectivity index (χ1) is 11.6. The predicted octanol–water partition coefficient (Wildman–Crippen LogP) is 2.89. The smallest absolute Gasteiger partial charge is 0.387 e. The van der Waals surface area contributed by atoms with E-state index in [1.165, 1.54) is 18.2 Å². The molecule has 2 heterocycles. The number of ether oxygens (including phenoxy) is 1. The molecule has 0 aliphatic carbocycles. The Bertz CT molecular complexity index is 703. The van der Waals surface area contributed by atoms with Crippen molar-refractivity contribution in [2.75, 3.05) is 19.6 Å². The Balaban J connectivity index is 0.00000225. The first-order valence-corrected chi connectivity index (χ1v) is 7.61. The lowest BCUT2D eigenvalue weighted by Crippen LogP contribution is -2.48. The number of amides is 1. The van der Waals surface area contributed by atoms with Crippen LogP contribution >= 0.6 is 12.4 Å². The number of hydrogen-bond donors (Lipinski definition) is 1. The zero-order valence-corrected chi connectivity index (χ0v) is 14.1. The minimum atomic E-state index is -2.92. The molecule has 1 amide bonds. The SMILES string of the molecule is Cl.O=C(c1cccc(OC(F)F)c1)N1CCNCC1c1cccnc1. The van der Waals surface area contributed by atoms with E-state index in [1.807, 2.05) is 12.1 Å². The van der Waals surface area contributed by atoms with E-state index < -0.39 is 6.61 Å². The summed E-state index contributed by atoms with van der Waals surface area (Å²) in [4.78, 5) is 18.7. The molecule has 1 aliphatic heterocycles. The normalized spacial score (nSPS) is 17.1. The zero-order valence-electron chi connectivity index (χ0n) is 13.3. The molecule has 1 atom stereocenters. The Kier molecular flexibility index (Phi) is 6.66. The molecule has 3 rings (SSSR count). The number of pyridine rings is 1. The van der Waals surface area contributed by atoms with Crippen LogP contribution in [-0.4, -0.2) is 42.0 Å². The van der Waals surface area contributed by atoms with Gasteiger partial charge in [-0.15, -0.1) is 12.4 Å². The molecule has 1 aliphatic rings. The topological polar surface area (TPSA) is 54.5 Å². The molecule has 134 valence electrons. The highest BCUT2D eigenvalue weighted by Gasteiger charge is 2.29. The minimum absolute atomic E-state index is 0. The van der Waals surface area contributed by atoms with E-state index in [2.05, 4.69) is 15.0 Å². The van der Waals surface area contributed by atoms with Gasteiger partial charge in [-0.25, -0.2) is 0 Å². The highest BCUT2D eigenvalue weighted by atomic mass is 35.5. The molecule has 1 aromatic carbocycles. The maximum atomic E-state index is 12.9. The highest BCUT2D eigenvalue weighted by Crippen LogP contribution is 2.25. The van der Waals surface area contributed by atoms with Crippen LogP contribution in [0.4, 0.5) is 8.78 Å². The standard InChI is InChI=1S/C17H17F2N3O2.ClH/c18-17(19)24-14-5-1-3-12(9-14)16(23)22-8-7-21-11-15(22)13-4-2-6-20-10-13;/h1-6,9-10,15,17,21H,7-8,11H2;1H. The number of aromatic nitrogens is 1. The maximum absolute atomic E-state index is 12.9. The molecular weight excluding hydrogens is 352 g/mol. The Hall–Kier alpha value is -2.25. The molecule has 0 bridgehead atoms. The van der Waals surface area contributed by atoms with E-state index in [4.69, 9.17) is 0 Å². The lowest BCUT2D eigenvalue weighted by molar-refractivity contribution is -0.0499. The van der Waals surface area contributed by atoms with Gasteiger partial charge >= 0.3 is 6.61 Å². The molecule has 1 aromatic heterocycles. The van der Waals surface area contributed by atoms with Crippen molar-refractivity contribution in [3.8, 4) is 5.75 Å². The quantitative estimate of drug-likeness (QED) is 0.900. The highest BCUT2D eigenvalue weighted by molar-refractivity contribution is 5.95. The summed E-state index contributed by atoms with van der Waals surface area (Å²) in [5.41, 5.74) is 1.25. The van der Waals surface area contributed by atoms with E-state index in [9.17, 15) is 13.6 Å². The van der Waals surface area contributed by atoms with Gasteiger partial charge in [0, 0.05) is 37.6 Å². The van der Waals surface area contributed by atoms with Crippen molar-refractivity contribution in [1.29, 1.82) is 0 Å². The van der Waals surface area contributed by atoms with Gasteiger partial charge in [-0.3, -0.25) is 9.78 Å². The average molecular weight is 370 g/mol. The zero-order chi connectivity index (χ0) is 16.9. The van der Waals surface area contributed by atoms with E-state index in [0.717, 1.165) is 5.56 Å². The summed E-state index contributed by atoms with van der Waals surface area (Å²) in [6.45, 7) is -1.10. The van der Waals surface area contributed by atoms with E-state index in [1.54, 1.807) is 23.4 Å². The molecule has 0 spiro atoms. The van der Waals surface area contributed by atoms with Crippen LogP contribution in [0.2, 0.25) is 0 Å². The third-order valence-corrected chi connectivity index (χ3v) is 3.88. The number of piperazine rings is 1. The van der Waals surface area contributed by atoms with Crippen LogP contribution in [0.25, 0.3) is 0 Å². The third kappa shape index (κ3) is 4.64. The number of halogens is 3. The van der Waals surface area contributed by atoms with Crippen LogP contribution in [0.1, 0.15) is 22.0 Å². The number of carbonyl (C=O) groups excluding carboxylic acids is 1. The largest absolute Gasteiger partial charge is 0.435 e. The van der Waals surface area contributed by atoms with Crippen molar-refractivity contribution in [1.82, 2.24) is 15.2 Å². The van der Waals surface area contributed by atoms with Gasteiger partial charge in [-0.1, -0.05) is 12.1 Å². The van der Waals surface area contributed by atoms with Gasteiger partial charge in [0.05, 0.1) is 6.04 Å². The summed E-state index contributed by atoms with van der Waals surface area (Å²) in [5, 5.41) is 3.26. The summed E-state index contributed by atoms with van der Waals surface area (Å²) in [5.74, 6) is -0.242. The summed E-state index contributed by atoms with van der Waals surface area (Å²) >= 11 is 0. The Morgan fingerprint density at radius 1 is 1.32 bits per heavy atom. The molecule has 1 N–H and O–H groups in total. The lowest BCUT2D eigenvalue weighted by Gasteiger charge is -2.36. The second-order valence-corrected chi connectivity index (χ2v) is 5.41. The van der Waals surface area contributed by atoms with Gasteiger partial charge < -0.3 is 15.0 Å². The van der Waals surface area contributed by atoms with Gasteiger partial charge in [-0.05, 0) is 29.8 Å². The lowest BCUT2D eigenvalue weighted by atomic mass is 10.0. The fourth-order valence-electron chi connectivity index (χ4n) is 2.79. The van der Waals surface area contributed by atoms with Crippen molar-refractivity contribution in [2.45, 2.75) is 12.7 Å². The second kappa shape index (κ2) is 8.73. The molecular formula is C17H18ClF2N3O2. The van der Waals surface area contributed by atoms with Crippen molar-refractivity contribution in [2.24, 2.45) is 0 Å². The van der Waals surface area contributed by atoms with Crippen molar-refractivity contribution in [3.63, 3.8) is 0 Å². The van der Waals surface area contributed by atoms with Crippen LogP contribution in [0.5, 0.6) is 5.75 Å². The summed E-state index contributed by atoms with van der Waals surface area (Å²) in [6.07, 6.45) is 3.41. The monoisotopic (exact) mass is 369 g/mol. The summed E-state index contributed by atoms with van der Waals surface area (Å²) < 4.78 is 29.1. The molecule has 8 heteroatoms. The Morgan fingerprint density at radius 3 is 2.88 bits per heavy atom. The predicted molar refractivity (Wildman–Crippen MR) is 91.2 cm³/mol. The van der Waals surface area contributed by atoms with Crippen LogP contribution in [0, 0.1) is 0 Å². The van der Waals surface area contributed by atoms with Crippen LogP contribution in [-0.2, 0) is 0 Å². The van der Waals surface area contributed by atoms with Gasteiger partial charge in [-0.2, -0.15) is 8.78 Å². The molecule has 0 saturated carbocycles. The van der Waals surface area contributed by atoms with Crippen molar-refractivity contribution >= 4 is 18.3 Å². The first-order valence-electron chi connectivity index (χ1n) is 7.61. The van der Waals surface area contributed by atoms with Crippen LogP contribution < -0.4 is 10.1 Å². The molecule has 5 nitrogen and oxygen atoms in total. The van der Waals surface area contributed by atoms with Crippen LogP contribution in [0.15, 0.2) is 48.8 Å². The third-order valence-electron chi connectivity index (χ3n) is 3.88. The molecule has 2 aromatic rings. The van der Waals surface area contributed by atoms with Crippen molar-refractivity contribution < 1.29 is 18.3 Å². The average Bonchev–Trinajstić information content (AvgIpc) is 2.61. The number of rotatable bonds is 4.